The Hall–Kier alpha value is -2.38. The van der Waals surface area contributed by atoms with E-state index in [1.165, 1.54) is 11.3 Å². The molecule has 4 rings (SSSR count). The van der Waals surface area contributed by atoms with Gasteiger partial charge in [0.05, 0.1) is 12.8 Å². The van der Waals surface area contributed by atoms with Gasteiger partial charge in [-0.3, -0.25) is 14.1 Å². The predicted octanol–water partition coefficient (Wildman–Crippen LogP) is 3.12. The third-order valence-electron chi connectivity index (χ3n) is 4.91. The van der Waals surface area contributed by atoms with Gasteiger partial charge in [-0.05, 0) is 44.0 Å². The Bertz CT molecular complexity index is 972. The van der Waals surface area contributed by atoms with Crippen LogP contribution in [-0.2, 0) is 6.54 Å². The van der Waals surface area contributed by atoms with Crippen LogP contribution in [0, 0.1) is 6.92 Å². The van der Waals surface area contributed by atoms with Gasteiger partial charge in [-0.15, -0.1) is 11.3 Å². The van der Waals surface area contributed by atoms with E-state index in [1.54, 1.807) is 17.6 Å². The molecule has 1 aliphatic rings. The van der Waals surface area contributed by atoms with Gasteiger partial charge in [-0.2, -0.15) is 0 Å². The summed E-state index contributed by atoms with van der Waals surface area (Å²) in [6, 6.07) is 9.38. The molecule has 3 heterocycles. The predicted molar refractivity (Wildman–Crippen MR) is 106 cm³/mol. The first kappa shape index (κ1) is 18.0. The first-order valence-corrected chi connectivity index (χ1v) is 10.00. The van der Waals surface area contributed by atoms with Crippen molar-refractivity contribution < 1.29 is 9.47 Å². The van der Waals surface area contributed by atoms with Crippen molar-refractivity contribution in [2.45, 2.75) is 32.4 Å². The summed E-state index contributed by atoms with van der Waals surface area (Å²) in [5.41, 5.74) is 1.79. The van der Waals surface area contributed by atoms with Crippen LogP contribution in [0.25, 0.3) is 4.96 Å². The van der Waals surface area contributed by atoms with Crippen molar-refractivity contribution in [1.82, 2.24) is 14.3 Å². The molecule has 0 spiro atoms. The van der Waals surface area contributed by atoms with Gasteiger partial charge in [0.1, 0.15) is 17.6 Å². The lowest BCUT2D eigenvalue weighted by Gasteiger charge is -2.31. The minimum Gasteiger partial charge on any atom is -0.497 e. The zero-order valence-electron chi connectivity index (χ0n) is 15.6. The number of hydrogen-bond donors (Lipinski definition) is 0. The number of rotatable bonds is 5. The molecule has 7 heteroatoms. The number of piperidine rings is 1. The second-order valence-electron chi connectivity index (χ2n) is 6.85. The quantitative estimate of drug-likeness (QED) is 0.675. The highest BCUT2D eigenvalue weighted by atomic mass is 32.1. The standard InChI is InChI=1S/C20H23N3O3S/c1-14-13-27-20-21-15(11-19(24)23(14)20)12-22-9-7-18(8-10-22)26-17-5-3-16(25-2)4-6-17/h3-6,11,13,18H,7-10,12H2,1-2H3. The van der Waals surface area contributed by atoms with E-state index in [-0.39, 0.29) is 11.7 Å². The number of benzene rings is 1. The molecule has 27 heavy (non-hydrogen) atoms. The number of aromatic nitrogens is 2. The average molecular weight is 385 g/mol. The van der Waals surface area contributed by atoms with Crippen molar-refractivity contribution in [1.29, 1.82) is 0 Å². The topological polar surface area (TPSA) is 56.1 Å². The van der Waals surface area contributed by atoms with Crippen LogP contribution in [0.1, 0.15) is 24.2 Å². The second kappa shape index (κ2) is 7.70. The SMILES string of the molecule is COc1ccc(OC2CCN(Cc3cc(=O)n4c(C)csc4n3)CC2)cc1. The molecule has 1 aliphatic heterocycles. The van der Waals surface area contributed by atoms with Gasteiger partial charge in [0.25, 0.3) is 5.56 Å². The van der Waals surface area contributed by atoms with Gasteiger partial charge in [0.2, 0.25) is 0 Å². The molecule has 0 amide bonds. The smallest absolute Gasteiger partial charge is 0.259 e. The van der Waals surface area contributed by atoms with E-state index < -0.39 is 0 Å². The minimum absolute atomic E-state index is 0.00600. The Morgan fingerprint density at radius 2 is 1.89 bits per heavy atom. The van der Waals surface area contributed by atoms with E-state index in [1.807, 2.05) is 36.6 Å². The largest absolute Gasteiger partial charge is 0.497 e. The van der Waals surface area contributed by atoms with Gasteiger partial charge >= 0.3 is 0 Å². The Morgan fingerprint density at radius 3 is 2.59 bits per heavy atom. The molecule has 0 bridgehead atoms. The summed E-state index contributed by atoms with van der Waals surface area (Å²) in [5.74, 6) is 1.71. The lowest BCUT2D eigenvalue weighted by molar-refractivity contribution is 0.0961. The number of nitrogens with zero attached hydrogens (tertiary/aromatic N) is 3. The molecule has 6 nitrogen and oxygen atoms in total. The molecule has 0 radical (unpaired) electrons. The van der Waals surface area contributed by atoms with Crippen LogP contribution >= 0.6 is 11.3 Å². The number of fused-ring (bicyclic) bond motifs is 1. The van der Waals surface area contributed by atoms with Gasteiger partial charge in [0, 0.05) is 36.8 Å². The summed E-state index contributed by atoms with van der Waals surface area (Å²) in [4.78, 5) is 20.1. The van der Waals surface area contributed by atoms with Crippen molar-refractivity contribution in [3.8, 4) is 11.5 Å². The first-order chi connectivity index (χ1) is 13.1. The van der Waals surface area contributed by atoms with E-state index in [0.717, 1.165) is 53.8 Å². The average Bonchev–Trinajstić information content (AvgIpc) is 3.05. The summed E-state index contributed by atoms with van der Waals surface area (Å²) in [6.45, 7) is 4.51. The molecule has 0 unspecified atom stereocenters. The van der Waals surface area contributed by atoms with Crippen molar-refractivity contribution in [2.24, 2.45) is 0 Å². The van der Waals surface area contributed by atoms with E-state index in [2.05, 4.69) is 9.88 Å². The lowest BCUT2D eigenvalue weighted by Crippen LogP contribution is -2.38. The van der Waals surface area contributed by atoms with Crippen LogP contribution in [0.3, 0.4) is 0 Å². The fourth-order valence-electron chi connectivity index (χ4n) is 3.44. The molecule has 0 N–H and O–H groups in total. The lowest BCUT2D eigenvalue weighted by atomic mass is 10.1. The van der Waals surface area contributed by atoms with Crippen LogP contribution in [-0.4, -0.2) is 40.6 Å². The zero-order valence-corrected chi connectivity index (χ0v) is 16.4. The third-order valence-corrected chi connectivity index (χ3v) is 5.85. The zero-order chi connectivity index (χ0) is 18.8. The molecule has 1 saturated heterocycles. The van der Waals surface area contributed by atoms with Crippen molar-refractivity contribution in [3.05, 3.63) is 57.5 Å². The van der Waals surface area contributed by atoms with Crippen LogP contribution in [0.5, 0.6) is 11.5 Å². The molecule has 1 fully saturated rings. The summed E-state index contributed by atoms with van der Waals surface area (Å²) >= 11 is 1.51. The highest BCUT2D eigenvalue weighted by Gasteiger charge is 2.21. The highest BCUT2D eigenvalue weighted by molar-refractivity contribution is 7.15. The first-order valence-electron chi connectivity index (χ1n) is 9.12. The Balaban J connectivity index is 1.34. The molecule has 2 aromatic heterocycles. The molecule has 0 saturated carbocycles. The van der Waals surface area contributed by atoms with Gasteiger partial charge in [0.15, 0.2) is 4.96 Å². The molecular formula is C20H23N3O3S. The van der Waals surface area contributed by atoms with Crippen molar-refractivity contribution >= 4 is 16.3 Å². The van der Waals surface area contributed by atoms with E-state index in [0.29, 0.717) is 6.54 Å². The maximum atomic E-state index is 12.3. The number of hydrogen-bond acceptors (Lipinski definition) is 6. The van der Waals surface area contributed by atoms with Gasteiger partial charge in [-0.1, -0.05) is 0 Å². The summed E-state index contributed by atoms with van der Waals surface area (Å²) in [7, 11) is 1.66. The van der Waals surface area contributed by atoms with Gasteiger partial charge in [-0.25, -0.2) is 4.98 Å². The normalized spacial score (nSPS) is 15.9. The van der Waals surface area contributed by atoms with Crippen molar-refractivity contribution in [3.63, 3.8) is 0 Å². The second-order valence-corrected chi connectivity index (χ2v) is 7.69. The molecule has 0 aliphatic carbocycles. The van der Waals surface area contributed by atoms with Gasteiger partial charge < -0.3 is 9.47 Å². The van der Waals surface area contributed by atoms with E-state index >= 15 is 0 Å². The van der Waals surface area contributed by atoms with E-state index in [4.69, 9.17) is 9.47 Å². The fourth-order valence-corrected chi connectivity index (χ4v) is 4.33. The minimum atomic E-state index is 0.00600. The molecule has 3 aromatic rings. The maximum absolute atomic E-state index is 12.3. The maximum Gasteiger partial charge on any atom is 0.259 e. The molecule has 142 valence electrons. The molecule has 0 atom stereocenters. The molecular weight excluding hydrogens is 362 g/mol. The van der Waals surface area contributed by atoms with E-state index in [9.17, 15) is 4.79 Å². The Kier molecular flexibility index (Phi) is 5.13. The summed E-state index contributed by atoms with van der Waals surface area (Å²) < 4.78 is 12.9. The third kappa shape index (κ3) is 3.99. The van der Waals surface area contributed by atoms with Crippen molar-refractivity contribution in [2.75, 3.05) is 20.2 Å². The monoisotopic (exact) mass is 385 g/mol. The number of likely N-dealkylation sites (tertiary alicyclic amines) is 1. The number of aryl methyl sites for hydroxylation is 1. The highest BCUT2D eigenvalue weighted by Crippen LogP contribution is 2.22. The Labute approximate surface area is 162 Å². The Morgan fingerprint density at radius 1 is 1.19 bits per heavy atom. The number of thiazole rings is 1. The van der Waals surface area contributed by atoms with Crippen LogP contribution < -0.4 is 15.0 Å². The van der Waals surface area contributed by atoms with Crippen LogP contribution in [0.2, 0.25) is 0 Å². The van der Waals surface area contributed by atoms with Crippen LogP contribution in [0.4, 0.5) is 0 Å². The molecule has 1 aromatic carbocycles. The number of ether oxygens (including phenoxy) is 2. The summed E-state index contributed by atoms with van der Waals surface area (Å²) in [5, 5.41) is 1.97. The summed E-state index contributed by atoms with van der Waals surface area (Å²) in [6.07, 6.45) is 2.15. The fraction of sp³-hybridized carbons (Fsp3) is 0.400. The van der Waals surface area contributed by atoms with Crippen LogP contribution in [0.15, 0.2) is 40.5 Å². The number of methoxy groups -OCH3 is 1.